The molecule has 0 bridgehead atoms. The van der Waals surface area contributed by atoms with Gasteiger partial charge in [-0.15, -0.1) is 0 Å². The summed E-state index contributed by atoms with van der Waals surface area (Å²) in [4.78, 5) is 0. The number of amidine groups is 1. The summed E-state index contributed by atoms with van der Waals surface area (Å²) < 4.78 is 5.26. The maximum atomic E-state index is 8.65. The van der Waals surface area contributed by atoms with Crippen LogP contribution in [0.1, 0.15) is 29.5 Å². The number of nitrogens with zero attached hydrogens (tertiary/aromatic N) is 1. The summed E-state index contributed by atoms with van der Waals surface area (Å²) in [7, 11) is 1.76. The Balaban J connectivity index is 1.91. The highest BCUT2D eigenvalue weighted by molar-refractivity contribution is 5.97. The average Bonchev–Trinajstić information content (AvgIpc) is 2.37. The average molecular weight is 263 g/mol. The first-order valence-electron chi connectivity index (χ1n) is 6.47. The quantitative estimate of drug-likeness (QED) is 0.324. The van der Waals surface area contributed by atoms with Crippen LogP contribution >= 0.6 is 0 Å². The smallest absolute Gasteiger partial charge is 0.170 e. The topological polar surface area (TPSA) is 79.9 Å². The number of nitrogens with two attached hydrogens (primary N) is 1. The van der Waals surface area contributed by atoms with Gasteiger partial charge in [0.15, 0.2) is 5.84 Å². The van der Waals surface area contributed by atoms with Crippen LogP contribution in [0.25, 0.3) is 0 Å². The van der Waals surface area contributed by atoms with Crippen molar-refractivity contribution in [1.29, 1.82) is 0 Å². The number of hydrogen-bond acceptors (Lipinski definition) is 4. The maximum absolute atomic E-state index is 8.65. The van der Waals surface area contributed by atoms with Crippen molar-refractivity contribution in [3.8, 4) is 0 Å². The van der Waals surface area contributed by atoms with Crippen LogP contribution < -0.4 is 11.1 Å². The van der Waals surface area contributed by atoms with Crippen LogP contribution in [0.5, 0.6) is 0 Å². The molecule has 0 heterocycles. The van der Waals surface area contributed by atoms with Crippen molar-refractivity contribution >= 4 is 5.84 Å². The zero-order chi connectivity index (χ0) is 13.8. The van der Waals surface area contributed by atoms with E-state index in [9.17, 15) is 0 Å². The summed E-state index contributed by atoms with van der Waals surface area (Å²) in [5, 5.41) is 15.2. The van der Waals surface area contributed by atoms with Gasteiger partial charge in [-0.3, -0.25) is 0 Å². The highest BCUT2D eigenvalue weighted by atomic mass is 16.5. The molecule has 5 nitrogen and oxygen atoms in total. The molecule has 1 aliphatic carbocycles. The number of ether oxygens (including phenoxy) is 1. The summed E-state index contributed by atoms with van der Waals surface area (Å²) in [5.41, 5.74) is 8.68. The van der Waals surface area contributed by atoms with E-state index in [0.717, 1.165) is 30.5 Å². The van der Waals surface area contributed by atoms with Crippen molar-refractivity contribution in [3.63, 3.8) is 0 Å². The Morgan fingerprint density at radius 1 is 1.53 bits per heavy atom. The van der Waals surface area contributed by atoms with Gasteiger partial charge in [0.05, 0.1) is 6.10 Å². The lowest BCUT2D eigenvalue weighted by Gasteiger charge is -2.35. The van der Waals surface area contributed by atoms with Gasteiger partial charge < -0.3 is 21.0 Å². The predicted octanol–water partition coefficient (Wildman–Crippen LogP) is 1.36. The normalized spacial score (nSPS) is 23.2. The van der Waals surface area contributed by atoms with Crippen LogP contribution in [-0.2, 0) is 11.3 Å². The Labute approximate surface area is 113 Å². The molecular formula is C14H21N3O2. The Kier molecular flexibility index (Phi) is 4.39. The third-order valence-corrected chi connectivity index (χ3v) is 3.76. The zero-order valence-corrected chi connectivity index (χ0v) is 11.4. The van der Waals surface area contributed by atoms with Gasteiger partial charge in [-0.05, 0) is 37.0 Å². The molecule has 104 valence electrons. The van der Waals surface area contributed by atoms with Crippen molar-refractivity contribution < 1.29 is 9.94 Å². The second kappa shape index (κ2) is 6.04. The lowest BCUT2D eigenvalue weighted by Crippen LogP contribution is -2.44. The fraction of sp³-hybridized carbons (Fsp3) is 0.500. The van der Waals surface area contributed by atoms with Crippen molar-refractivity contribution in [2.24, 2.45) is 10.9 Å². The van der Waals surface area contributed by atoms with Crippen LogP contribution in [0.3, 0.4) is 0 Å². The van der Waals surface area contributed by atoms with Gasteiger partial charge >= 0.3 is 0 Å². The van der Waals surface area contributed by atoms with Crippen LogP contribution in [0.15, 0.2) is 23.4 Å². The van der Waals surface area contributed by atoms with Gasteiger partial charge in [0.1, 0.15) is 0 Å². The highest BCUT2D eigenvalue weighted by Gasteiger charge is 2.28. The second-order valence-electron chi connectivity index (χ2n) is 5.03. The summed E-state index contributed by atoms with van der Waals surface area (Å²) in [5.74, 6) is 0.143. The largest absolute Gasteiger partial charge is 0.409 e. The minimum Gasteiger partial charge on any atom is -0.409 e. The number of aryl methyl sites for hydroxylation is 1. The number of rotatable bonds is 5. The van der Waals surface area contributed by atoms with Crippen LogP contribution in [-0.4, -0.2) is 30.3 Å². The fourth-order valence-electron chi connectivity index (χ4n) is 2.29. The molecule has 19 heavy (non-hydrogen) atoms. The molecule has 1 saturated carbocycles. The molecular weight excluding hydrogens is 242 g/mol. The number of nitrogens with one attached hydrogen (secondary N) is 1. The van der Waals surface area contributed by atoms with Gasteiger partial charge in [-0.25, -0.2) is 0 Å². The molecule has 1 fully saturated rings. The van der Waals surface area contributed by atoms with Crippen LogP contribution in [0, 0.1) is 6.92 Å². The fourth-order valence-corrected chi connectivity index (χ4v) is 2.29. The molecule has 4 N–H and O–H groups in total. The number of oxime groups is 1. The predicted molar refractivity (Wildman–Crippen MR) is 74.3 cm³/mol. The Hall–Kier alpha value is -1.59. The monoisotopic (exact) mass is 263 g/mol. The SMILES string of the molecule is COC1CC(NCc2ccc(/C(N)=N/O)cc2C)C1. The lowest BCUT2D eigenvalue weighted by atomic mass is 9.89. The standard InChI is InChI=1S/C14H21N3O2/c1-9-5-10(14(15)17-18)3-4-11(9)8-16-12-6-13(7-12)19-2/h3-5,12-13,16,18H,6-8H2,1-2H3,(H2,15,17). The molecule has 0 radical (unpaired) electrons. The van der Waals surface area contributed by atoms with E-state index in [-0.39, 0.29) is 5.84 Å². The molecule has 0 aromatic heterocycles. The van der Waals surface area contributed by atoms with Crippen molar-refractivity contribution in [2.75, 3.05) is 7.11 Å². The van der Waals surface area contributed by atoms with Gasteiger partial charge in [-0.1, -0.05) is 17.3 Å². The molecule has 2 rings (SSSR count). The third kappa shape index (κ3) is 3.24. The van der Waals surface area contributed by atoms with Gasteiger partial charge in [0.2, 0.25) is 0 Å². The minimum absolute atomic E-state index is 0.143. The summed E-state index contributed by atoms with van der Waals surface area (Å²) in [6.45, 7) is 2.87. The van der Waals surface area contributed by atoms with Crippen LogP contribution in [0.4, 0.5) is 0 Å². The van der Waals surface area contributed by atoms with E-state index >= 15 is 0 Å². The molecule has 0 amide bonds. The first-order valence-corrected chi connectivity index (χ1v) is 6.47. The van der Waals surface area contributed by atoms with E-state index in [1.807, 2.05) is 25.1 Å². The Bertz CT molecular complexity index is 468. The summed E-state index contributed by atoms with van der Waals surface area (Å²) in [6.07, 6.45) is 2.58. The van der Waals surface area contributed by atoms with Gasteiger partial charge in [-0.2, -0.15) is 0 Å². The zero-order valence-electron chi connectivity index (χ0n) is 11.4. The molecule has 1 aromatic carbocycles. The van der Waals surface area contributed by atoms with Crippen LogP contribution in [0.2, 0.25) is 0 Å². The van der Waals surface area contributed by atoms with E-state index in [1.165, 1.54) is 5.56 Å². The van der Waals surface area contributed by atoms with Crippen molar-refractivity contribution in [3.05, 3.63) is 34.9 Å². The molecule has 5 heteroatoms. The van der Waals surface area contributed by atoms with E-state index in [2.05, 4.69) is 10.5 Å². The molecule has 0 aliphatic heterocycles. The molecule has 0 unspecified atom stereocenters. The number of methoxy groups -OCH3 is 1. The van der Waals surface area contributed by atoms with E-state index < -0.39 is 0 Å². The Morgan fingerprint density at radius 3 is 2.84 bits per heavy atom. The maximum Gasteiger partial charge on any atom is 0.170 e. The lowest BCUT2D eigenvalue weighted by molar-refractivity contribution is 0.0170. The summed E-state index contributed by atoms with van der Waals surface area (Å²) in [6, 6.07) is 6.37. The van der Waals surface area contributed by atoms with E-state index in [0.29, 0.717) is 12.1 Å². The van der Waals surface area contributed by atoms with Crippen molar-refractivity contribution in [1.82, 2.24) is 5.32 Å². The van der Waals surface area contributed by atoms with E-state index in [4.69, 9.17) is 15.7 Å². The second-order valence-corrected chi connectivity index (χ2v) is 5.03. The summed E-state index contributed by atoms with van der Waals surface area (Å²) >= 11 is 0. The molecule has 0 atom stereocenters. The first-order chi connectivity index (χ1) is 9.13. The number of benzene rings is 1. The number of hydrogen-bond donors (Lipinski definition) is 3. The minimum atomic E-state index is 0.143. The van der Waals surface area contributed by atoms with Gasteiger partial charge in [0, 0.05) is 25.3 Å². The molecule has 1 aromatic rings. The highest BCUT2D eigenvalue weighted by Crippen LogP contribution is 2.23. The first kappa shape index (κ1) is 13.8. The van der Waals surface area contributed by atoms with Gasteiger partial charge in [0.25, 0.3) is 0 Å². The Morgan fingerprint density at radius 2 is 2.26 bits per heavy atom. The van der Waals surface area contributed by atoms with Crippen molar-refractivity contribution in [2.45, 2.75) is 38.5 Å². The third-order valence-electron chi connectivity index (χ3n) is 3.76. The molecule has 1 aliphatic rings. The molecule has 0 spiro atoms. The molecule has 0 saturated heterocycles. The van der Waals surface area contributed by atoms with E-state index in [1.54, 1.807) is 7.11 Å².